The Kier molecular flexibility index (Phi) is 5.48. The van der Waals surface area contributed by atoms with Crippen LogP contribution in [0.1, 0.15) is 37.2 Å². The van der Waals surface area contributed by atoms with Gasteiger partial charge < -0.3 is 15.8 Å². The van der Waals surface area contributed by atoms with Gasteiger partial charge in [-0.05, 0) is 68.2 Å². The molecule has 0 saturated heterocycles. The third kappa shape index (κ3) is 4.28. The average molecular weight is 375 g/mol. The fourth-order valence-electron chi connectivity index (χ4n) is 3.53. The van der Waals surface area contributed by atoms with Gasteiger partial charge in [0.2, 0.25) is 0 Å². The van der Waals surface area contributed by atoms with Crippen molar-refractivity contribution in [1.29, 1.82) is 0 Å². The molecule has 0 amide bonds. The minimum Gasteiger partial charge on any atom is -0.497 e. The van der Waals surface area contributed by atoms with E-state index in [9.17, 15) is 0 Å². The highest BCUT2D eigenvalue weighted by Gasteiger charge is 2.20. The van der Waals surface area contributed by atoms with Crippen molar-refractivity contribution in [2.75, 3.05) is 12.4 Å². The minimum atomic E-state index is 0.317. The average Bonchev–Trinajstić information content (AvgIpc) is 2.74. The molecule has 1 fully saturated rings. The van der Waals surface area contributed by atoms with E-state index in [-0.39, 0.29) is 0 Å². The highest BCUT2D eigenvalue weighted by Crippen LogP contribution is 2.28. The molecule has 3 aromatic rings. The number of benzene rings is 1. The first-order chi connectivity index (χ1) is 13.7. The molecule has 6 nitrogen and oxygen atoms in total. The summed E-state index contributed by atoms with van der Waals surface area (Å²) in [6.07, 6.45) is 9.77. The van der Waals surface area contributed by atoms with Crippen LogP contribution in [0.25, 0.3) is 23.1 Å². The summed E-state index contributed by atoms with van der Waals surface area (Å²) < 4.78 is 5.39. The number of methoxy groups -OCH3 is 1. The van der Waals surface area contributed by atoms with Gasteiger partial charge in [0.05, 0.1) is 18.3 Å². The lowest BCUT2D eigenvalue weighted by Crippen LogP contribution is -2.33. The largest absolute Gasteiger partial charge is 0.497 e. The first-order valence-corrected chi connectivity index (χ1v) is 9.68. The van der Waals surface area contributed by atoms with Crippen molar-refractivity contribution in [1.82, 2.24) is 15.0 Å². The predicted molar refractivity (Wildman–Crippen MR) is 113 cm³/mol. The van der Waals surface area contributed by atoms with Crippen LogP contribution in [0.3, 0.4) is 0 Å². The van der Waals surface area contributed by atoms with Crippen LogP contribution >= 0.6 is 0 Å². The maximum atomic E-state index is 6.05. The quantitative estimate of drug-likeness (QED) is 0.704. The van der Waals surface area contributed by atoms with Crippen LogP contribution in [0, 0.1) is 0 Å². The summed E-state index contributed by atoms with van der Waals surface area (Å²) in [6.45, 7) is 0. The molecule has 2 aromatic heterocycles. The molecule has 4 rings (SSSR count). The van der Waals surface area contributed by atoms with E-state index in [1.807, 2.05) is 48.6 Å². The number of fused-ring (bicyclic) bond motifs is 1. The van der Waals surface area contributed by atoms with Crippen molar-refractivity contribution in [3.63, 3.8) is 0 Å². The third-order valence-electron chi connectivity index (χ3n) is 5.12. The van der Waals surface area contributed by atoms with E-state index in [2.05, 4.69) is 10.3 Å². The minimum absolute atomic E-state index is 0.317. The molecular weight excluding hydrogens is 350 g/mol. The van der Waals surface area contributed by atoms with E-state index in [0.717, 1.165) is 53.8 Å². The summed E-state index contributed by atoms with van der Waals surface area (Å²) in [5.74, 6) is 2.28. The van der Waals surface area contributed by atoms with Gasteiger partial charge in [-0.1, -0.05) is 6.07 Å². The lowest BCUT2D eigenvalue weighted by atomic mass is 9.92. The number of nitrogens with one attached hydrogen (secondary N) is 1. The SMILES string of the molecule is COc1ccc2nc(/C=C\c3ccccn3)nc(NC3CCC(N)CC3)c2c1. The molecule has 144 valence electrons. The zero-order valence-corrected chi connectivity index (χ0v) is 16.0. The van der Waals surface area contributed by atoms with E-state index in [0.29, 0.717) is 17.9 Å². The topological polar surface area (TPSA) is 86.0 Å². The van der Waals surface area contributed by atoms with Crippen LogP contribution in [0.15, 0.2) is 42.6 Å². The van der Waals surface area contributed by atoms with Gasteiger partial charge in [0.1, 0.15) is 11.6 Å². The van der Waals surface area contributed by atoms with Gasteiger partial charge in [-0.25, -0.2) is 9.97 Å². The normalized spacial score (nSPS) is 19.8. The number of aromatic nitrogens is 3. The number of nitrogens with zero attached hydrogens (tertiary/aromatic N) is 3. The second kappa shape index (κ2) is 8.35. The van der Waals surface area contributed by atoms with Gasteiger partial charge in [-0.3, -0.25) is 4.98 Å². The fourth-order valence-corrected chi connectivity index (χ4v) is 3.53. The van der Waals surface area contributed by atoms with Crippen molar-refractivity contribution in [2.45, 2.75) is 37.8 Å². The Hall–Kier alpha value is -2.99. The summed E-state index contributed by atoms with van der Waals surface area (Å²) in [7, 11) is 1.67. The van der Waals surface area contributed by atoms with Crippen molar-refractivity contribution < 1.29 is 4.74 Å². The number of anilines is 1. The van der Waals surface area contributed by atoms with E-state index in [1.165, 1.54) is 0 Å². The Morgan fingerprint density at radius 1 is 1.07 bits per heavy atom. The number of hydrogen-bond donors (Lipinski definition) is 2. The van der Waals surface area contributed by atoms with Gasteiger partial charge in [0, 0.05) is 23.7 Å². The predicted octanol–water partition coefficient (Wildman–Crippen LogP) is 3.89. The zero-order valence-electron chi connectivity index (χ0n) is 16.0. The van der Waals surface area contributed by atoms with E-state index in [1.54, 1.807) is 13.3 Å². The molecule has 1 aliphatic rings. The summed E-state index contributed by atoms with van der Waals surface area (Å²) in [6, 6.07) is 12.4. The molecule has 3 N–H and O–H groups in total. The van der Waals surface area contributed by atoms with Crippen molar-refractivity contribution >= 4 is 28.9 Å². The summed E-state index contributed by atoms with van der Waals surface area (Å²) >= 11 is 0. The lowest BCUT2D eigenvalue weighted by Gasteiger charge is -2.27. The van der Waals surface area contributed by atoms with Crippen LogP contribution in [-0.4, -0.2) is 34.1 Å². The first kappa shape index (κ1) is 18.4. The Bertz CT molecular complexity index is 965. The standard InChI is InChI=1S/C22H25N5O/c1-28-18-10-11-20-19(14-18)22(25-17-7-5-15(23)6-8-17)27-21(26-20)12-9-16-4-2-3-13-24-16/h2-4,9-15,17H,5-8,23H2,1H3,(H,25,26,27)/b12-9-. The molecule has 1 aliphatic carbocycles. The van der Waals surface area contributed by atoms with Crippen molar-refractivity contribution in [3.05, 3.63) is 54.1 Å². The molecule has 0 spiro atoms. The van der Waals surface area contributed by atoms with Gasteiger partial charge in [-0.15, -0.1) is 0 Å². The Morgan fingerprint density at radius 2 is 1.93 bits per heavy atom. The molecule has 0 atom stereocenters. The second-order valence-corrected chi connectivity index (χ2v) is 7.16. The third-order valence-corrected chi connectivity index (χ3v) is 5.12. The first-order valence-electron chi connectivity index (χ1n) is 9.68. The van der Waals surface area contributed by atoms with Crippen LogP contribution in [0.2, 0.25) is 0 Å². The highest BCUT2D eigenvalue weighted by molar-refractivity contribution is 5.91. The highest BCUT2D eigenvalue weighted by atomic mass is 16.5. The number of nitrogens with two attached hydrogens (primary N) is 1. The van der Waals surface area contributed by atoms with E-state index >= 15 is 0 Å². The molecule has 6 heteroatoms. The summed E-state index contributed by atoms with van der Waals surface area (Å²) in [5.41, 5.74) is 7.81. The molecule has 1 aromatic carbocycles. The molecule has 0 bridgehead atoms. The van der Waals surface area contributed by atoms with E-state index in [4.69, 9.17) is 20.4 Å². The number of pyridine rings is 1. The Labute approximate surface area is 164 Å². The summed E-state index contributed by atoms with van der Waals surface area (Å²) in [5, 5.41) is 4.58. The molecule has 28 heavy (non-hydrogen) atoms. The van der Waals surface area contributed by atoms with Crippen LogP contribution in [0.5, 0.6) is 5.75 Å². The number of hydrogen-bond acceptors (Lipinski definition) is 6. The van der Waals surface area contributed by atoms with Gasteiger partial charge >= 0.3 is 0 Å². The van der Waals surface area contributed by atoms with E-state index < -0.39 is 0 Å². The Morgan fingerprint density at radius 3 is 2.68 bits per heavy atom. The van der Waals surface area contributed by atoms with Crippen molar-refractivity contribution in [2.24, 2.45) is 5.73 Å². The van der Waals surface area contributed by atoms with Crippen LogP contribution in [-0.2, 0) is 0 Å². The van der Waals surface area contributed by atoms with Crippen LogP contribution in [0.4, 0.5) is 5.82 Å². The van der Waals surface area contributed by atoms with Gasteiger partial charge in [0.25, 0.3) is 0 Å². The van der Waals surface area contributed by atoms with Gasteiger partial charge in [0.15, 0.2) is 5.82 Å². The summed E-state index contributed by atoms with van der Waals surface area (Å²) in [4.78, 5) is 13.8. The molecule has 0 radical (unpaired) electrons. The Balaban J connectivity index is 1.68. The second-order valence-electron chi connectivity index (χ2n) is 7.16. The molecular formula is C22H25N5O. The maximum Gasteiger partial charge on any atom is 0.155 e. The number of rotatable bonds is 5. The van der Waals surface area contributed by atoms with Crippen LogP contribution < -0.4 is 15.8 Å². The molecule has 0 aliphatic heterocycles. The zero-order chi connectivity index (χ0) is 19.3. The lowest BCUT2D eigenvalue weighted by molar-refractivity contribution is 0.410. The fraction of sp³-hybridized carbons (Fsp3) is 0.318. The van der Waals surface area contributed by atoms with Crippen molar-refractivity contribution in [3.8, 4) is 5.75 Å². The molecule has 0 unspecified atom stereocenters. The molecule has 2 heterocycles. The molecule has 1 saturated carbocycles. The number of ether oxygens (including phenoxy) is 1. The maximum absolute atomic E-state index is 6.05. The monoisotopic (exact) mass is 375 g/mol. The smallest absolute Gasteiger partial charge is 0.155 e. The van der Waals surface area contributed by atoms with Gasteiger partial charge in [-0.2, -0.15) is 0 Å².